The van der Waals surface area contributed by atoms with Crippen LogP contribution in [0.1, 0.15) is 42.3 Å². The number of ether oxygens (including phenoxy) is 1. The molecule has 4 rings (SSSR count). The number of nitrogens with two attached hydrogens (primary N) is 1. The molecule has 0 radical (unpaired) electrons. The van der Waals surface area contributed by atoms with E-state index >= 15 is 0 Å². The molecule has 2 N–H and O–H groups in total. The second kappa shape index (κ2) is 6.09. The molecule has 3 aromatic rings. The second-order valence-corrected chi connectivity index (χ2v) is 8.02. The fourth-order valence-electron chi connectivity index (χ4n) is 3.46. The summed E-state index contributed by atoms with van der Waals surface area (Å²) < 4.78 is 7.19. The fourth-order valence-corrected chi connectivity index (χ4v) is 3.46. The van der Waals surface area contributed by atoms with E-state index in [2.05, 4.69) is 5.10 Å². The minimum absolute atomic E-state index is 0.118. The highest BCUT2D eigenvalue weighted by Crippen LogP contribution is 2.38. The number of benzene rings is 1. The molecule has 0 fully saturated rings. The van der Waals surface area contributed by atoms with Crippen molar-refractivity contribution in [1.29, 1.82) is 0 Å². The Kier molecular flexibility index (Phi) is 3.92. The van der Waals surface area contributed by atoms with Gasteiger partial charge < -0.3 is 10.5 Å². The molecule has 0 saturated carbocycles. The molecular formula is C21H22N4O3. The summed E-state index contributed by atoms with van der Waals surface area (Å²) in [5.41, 5.74) is 10.5. The summed E-state index contributed by atoms with van der Waals surface area (Å²) in [5, 5.41) is 4.42. The number of nitrogens with zero attached hydrogens (tertiary/aromatic N) is 3. The lowest BCUT2D eigenvalue weighted by Gasteiger charge is -2.23. The van der Waals surface area contributed by atoms with Gasteiger partial charge in [0.2, 0.25) is 0 Å². The Bertz CT molecular complexity index is 1120. The summed E-state index contributed by atoms with van der Waals surface area (Å²) in [5.74, 6) is -0.434. The number of hydrogen-bond donors (Lipinski definition) is 1. The molecule has 0 saturated heterocycles. The van der Waals surface area contributed by atoms with E-state index in [0.29, 0.717) is 16.8 Å². The Morgan fingerprint density at radius 2 is 1.93 bits per heavy atom. The number of nitrogen functional groups attached to an aromatic ring is 1. The largest absolute Gasteiger partial charge is 0.443 e. The smallest absolute Gasteiger partial charge is 0.417 e. The molecule has 0 unspecified atom stereocenters. The maximum Gasteiger partial charge on any atom is 0.417 e. The van der Waals surface area contributed by atoms with E-state index in [4.69, 9.17) is 10.5 Å². The van der Waals surface area contributed by atoms with E-state index in [9.17, 15) is 9.59 Å². The normalized spacial score (nSPS) is 13.9. The molecular weight excluding hydrogens is 356 g/mol. The quantitative estimate of drug-likeness (QED) is 0.651. The Balaban J connectivity index is 1.81. The Labute approximate surface area is 162 Å². The first-order valence-corrected chi connectivity index (χ1v) is 9.06. The molecule has 0 spiro atoms. The summed E-state index contributed by atoms with van der Waals surface area (Å²) in [7, 11) is 0. The highest BCUT2D eigenvalue weighted by molar-refractivity contribution is 6.11. The number of hydrogen-bond acceptors (Lipinski definition) is 5. The number of aromatic nitrogens is 2. The number of anilines is 1. The predicted molar refractivity (Wildman–Crippen MR) is 106 cm³/mol. The molecule has 2 aromatic heterocycles. The third kappa shape index (κ3) is 2.89. The number of imide groups is 1. The zero-order valence-corrected chi connectivity index (χ0v) is 16.3. The van der Waals surface area contributed by atoms with Crippen LogP contribution in [-0.4, -0.2) is 32.1 Å². The average Bonchev–Trinajstić information content (AvgIpc) is 3.15. The van der Waals surface area contributed by atoms with Crippen LogP contribution in [0, 0.1) is 6.92 Å². The van der Waals surface area contributed by atoms with Gasteiger partial charge in [-0.25, -0.2) is 14.2 Å². The van der Waals surface area contributed by atoms with Crippen molar-refractivity contribution in [2.24, 2.45) is 0 Å². The van der Waals surface area contributed by atoms with E-state index in [1.54, 1.807) is 37.5 Å². The van der Waals surface area contributed by atoms with Crippen molar-refractivity contribution >= 4 is 23.2 Å². The summed E-state index contributed by atoms with van der Waals surface area (Å²) in [6, 6.07) is 7.57. The van der Waals surface area contributed by atoms with Gasteiger partial charge in [0, 0.05) is 17.4 Å². The highest BCUT2D eigenvalue weighted by atomic mass is 16.6. The van der Waals surface area contributed by atoms with Gasteiger partial charge in [-0.2, -0.15) is 5.10 Å². The van der Waals surface area contributed by atoms with E-state index in [-0.39, 0.29) is 6.54 Å². The average molecular weight is 378 g/mol. The lowest BCUT2D eigenvalue weighted by molar-refractivity contribution is 0.0248. The van der Waals surface area contributed by atoms with Gasteiger partial charge in [0.05, 0.1) is 23.8 Å². The zero-order chi connectivity index (χ0) is 20.2. The highest BCUT2D eigenvalue weighted by Gasteiger charge is 2.38. The maximum atomic E-state index is 12.9. The van der Waals surface area contributed by atoms with Crippen molar-refractivity contribution in [2.45, 2.75) is 39.8 Å². The number of carbonyl (C=O) groups excluding carboxylic acids is 2. The third-order valence-electron chi connectivity index (χ3n) is 4.69. The monoisotopic (exact) mass is 378 g/mol. The van der Waals surface area contributed by atoms with Crippen LogP contribution in [0.2, 0.25) is 0 Å². The number of rotatable bonds is 1. The Morgan fingerprint density at radius 1 is 1.18 bits per heavy atom. The molecule has 2 amide bonds. The van der Waals surface area contributed by atoms with Gasteiger partial charge in [0.1, 0.15) is 5.60 Å². The van der Waals surface area contributed by atoms with Crippen molar-refractivity contribution in [1.82, 2.24) is 14.5 Å². The topological polar surface area (TPSA) is 89.9 Å². The van der Waals surface area contributed by atoms with Crippen LogP contribution in [-0.2, 0) is 11.3 Å². The maximum absolute atomic E-state index is 12.9. The van der Waals surface area contributed by atoms with Crippen LogP contribution in [0.5, 0.6) is 0 Å². The van der Waals surface area contributed by atoms with E-state index in [0.717, 1.165) is 27.1 Å². The molecule has 28 heavy (non-hydrogen) atoms. The number of fused-ring (bicyclic) bond motifs is 2. The van der Waals surface area contributed by atoms with Crippen LogP contribution in [0.3, 0.4) is 0 Å². The van der Waals surface area contributed by atoms with Gasteiger partial charge >= 0.3 is 6.09 Å². The van der Waals surface area contributed by atoms with Crippen LogP contribution in [0.25, 0.3) is 16.6 Å². The molecule has 1 aromatic carbocycles. The van der Waals surface area contributed by atoms with Gasteiger partial charge in [-0.05, 0) is 56.5 Å². The number of carbonyl (C=O) groups is 2. The summed E-state index contributed by atoms with van der Waals surface area (Å²) in [6.07, 6.45) is 3.03. The number of aryl methyl sites for hydroxylation is 1. The minimum atomic E-state index is -0.694. The first kappa shape index (κ1) is 18.0. The van der Waals surface area contributed by atoms with Crippen molar-refractivity contribution in [3.05, 3.63) is 53.3 Å². The predicted octanol–water partition coefficient (Wildman–Crippen LogP) is 3.78. The van der Waals surface area contributed by atoms with Gasteiger partial charge in [-0.1, -0.05) is 12.1 Å². The Hall–Kier alpha value is -3.35. The van der Waals surface area contributed by atoms with Crippen molar-refractivity contribution < 1.29 is 14.3 Å². The standard InChI is InChI=1S/C21H22N4O3/c1-12-5-8-17-14(9-23-25(17)10-12)13-6-7-16(22)18-15(13)11-24(19(18)26)20(27)28-21(2,3)4/h5-10H,11,22H2,1-4H3. The summed E-state index contributed by atoms with van der Waals surface area (Å²) in [6.45, 7) is 7.41. The molecule has 144 valence electrons. The molecule has 0 aliphatic carbocycles. The SMILES string of the molecule is Cc1ccc2c(-c3ccc(N)c4c3CN(C(=O)OC(C)(C)C)C4=O)cnn2c1. The van der Waals surface area contributed by atoms with Crippen LogP contribution in [0.15, 0.2) is 36.7 Å². The minimum Gasteiger partial charge on any atom is -0.443 e. The first-order chi connectivity index (χ1) is 13.2. The van der Waals surface area contributed by atoms with Gasteiger partial charge in [0.25, 0.3) is 5.91 Å². The first-order valence-electron chi connectivity index (χ1n) is 9.06. The summed E-state index contributed by atoms with van der Waals surface area (Å²) >= 11 is 0. The molecule has 1 aliphatic rings. The van der Waals surface area contributed by atoms with E-state index in [1.165, 1.54) is 0 Å². The fraction of sp³-hybridized carbons (Fsp3) is 0.286. The van der Waals surface area contributed by atoms with E-state index < -0.39 is 17.6 Å². The molecule has 7 nitrogen and oxygen atoms in total. The molecule has 0 bridgehead atoms. The Morgan fingerprint density at radius 3 is 2.64 bits per heavy atom. The lowest BCUT2D eigenvalue weighted by Crippen LogP contribution is -2.37. The van der Waals surface area contributed by atoms with Crippen molar-refractivity contribution in [2.75, 3.05) is 5.73 Å². The van der Waals surface area contributed by atoms with Crippen molar-refractivity contribution in [3.63, 3.8) is 0 Å². The molecule has 1 aliphatic heterocycles. The molecule has 7 heteroatoms. The van der Waals surface area contributed by atoms with Crippen molar-refractivity contribution in [3.8, 4) is 11.1 Å². The third-order valence-corrected chi connectivity index (χ3v) is 4.69. The molecule has 0 atom stereocenters. The molecule has 3 heterocycles. The van der Waals surface area contributed by atoms with Crippen LogP contribution in [0.4, 0.5) is 10.5 Å². The van der Waals surface area contributed by atoms with Crippen LogP contribution < -0.4 is 5.73 Å². The van der Waals surface area contributed by atoms with Gasteiger partial charge in [0.15, 0.2) is 0 Å². The summed E-state index contributed by atoms with van der Waals surface area (Å²) in [4.78, 5) is 26.5. The van der Waals surface area contributed by atoms with Crippen LogP contribution >= 0.6 is 0 Å². The number of pyridine rings is 1. The van der Waals surface area contributed by atoms with Gasteiger partial charge in [-0.15, -0.1) is 0 Å². The zero-order valence-electron chi connectivity index (χ0n) is 16.3. The lowest BCUT2D eigenvalue weighted by atomic mass is 9.96. The van der Waals surface area contributed by atoms with Gasteiger partial charge in [-0.3, -0.25) is 4.79 Å². The number of amides is 2. The second-order valence-electron chi connectivity index (χ2n) is 8.02. The van der Waals surface area contributed by atoms with E-state index in [1.807, 2.05) is 31.3 Å².